The normalized spacial score (nSPS) is 11.0. The van der Waals surface area contributed by atoms with Gasteiger partial charge in [0.2, 0.25) is 5.88 Å². The first kappa shape index (κ1) is 9.26. The Morgan fingerprint density at radius 2 is 2.43 bits per heavy atom. The summed E-state index contributed by atoms with van der Waals surface area (Å²) < 4.78 is 2.01. The highest BCUT2D eigenvalue weighted by atomic mass is 79.9. The average molecular weight is 258 g/mol. The summed E-state index contributed by atoms with van der Waals surface area (Å²) in [6.07, 6.45) is 0.726. The van der Waals surface area contributed by atoms with Gasteiger partial charge < -0.3 is 10.1 Å². The Balaban J connectivity index is 2.92. The highest BCUT2D eigenvalue weighted by molar-refractivity contribution is 9.10. The molecule has 2 aromatic heterocycles. The Hall–Kier alpha value is -1.30. The summed E-state index contributed by atoms with van der Waals surface area (Å²) in [5.74, 6) is -0.163. The van der Waals surface area contributed by atoms with Crippen LogP contribution < -0.4 is 5.56 Å². The zero-order valence-corrected chi connectivity index (χ0v) is 9.00. The third-order valence-corrected chi connectivity index (χ3v) is 2.78. The van der Waals surface area contributed by atoms with Gasteiger partial charge in [-0.25, -0.2) is 0 Å². The van der Waals surface area contributed by atoms with Crippen LogP contribution in [0.3, 0.4) is 0 Å². The number of rotatable bonds is 1. The molecule has 5 nitrogen and oxygen atoms in total. The highest BCUT2D eigenvalue weighted by Gasteiger charge is 2.11. The van der Waals surface area contributed by atoms with Crippen LogP contribution in [0.15, 0.2) is 15.3 Å². The summed E-state index contributed by atoms with van der Waals surface area (Å²) in [6, 6.07) is 1.09. The minimum absolute atomic E-state index is 0.163. The monoisotopic (exact) mass is 257 g/mol. The molecule has 2 N–H and O–H groups in total. The molecule has 0 saturated heterocycles. The predicted octanol–water partition coefficient (Wildman–Crippen LogP) is 1.05. The fourth-order valence-corrected chi connectivity index (χ4v) is 1.90. The summed E-state index contributed by atoms with van der Waals surface area (Å²) in [4.78, 5) is 13.7. The van der Waals surface area contributed by atoms with Crippen LogP contribution in [-0.2, 0) is 6.42 Å². The van der Waals surface area contributed by atoms with E-state index in [9.17, 15) is 9.90 Å². The van der Waals surface area contributed by atoms with Crippen LogP contribution >= 0.6 is 15.9 Å². The lowest BCUT2D eigenvalue weighted by molar-refractivity contribution is 0.433. The Morgan fingerprint density at radius 3 is 3.07 bits per heavy atom. The van der Waals surface area contributed by atoms with Crippen molar-refractivity contribution in [3.63, 3.8) is 0 Å². The molecule has 0 amide bonds. The van der Waals surface area contributed by atoms with Crippen molar-refractivity contribution < 1.29 is 5.11 Å². The predicted molar refractivity (Wildman–Crippen MR) is 54.6 cm³/mol. The van der Waals surface area contributed by atoms with Crippen LogP contribution in [0.5, 0.6) is 5.88 Å². The number of aromatic nitrogens is 3. The van der Waals surface area contributed by atoms with E-state index in [1.165, 1.54) is 4.52 Å². The second-order valence-corrected chi connectivity index (χ2v) is 3.66. The topological polar surface area (TPSA) is 70.4 Å². The zero-order valence-electron chi connectivity index (χ0n) is 7.41. The van der Waals surface area contributed by atoms with E-state index < -0.39 is 0 Å². The third-order valence-electron chi connectivity index (χ3n) is 1.95. The quantitative estimate of drug-likeness (QED) is 0.803. The number of halogens is 1. The average Bonchev–Trinajstić information content (AvgIpc) is 2.44. The lowest BCUT2D eigenvalue weighted by atomic mass is 10.3. The van der Waals surface area contributed by atoms with Crippen LogP contribution in [-0.4, -0.2) is 19.7 Å². The van der Waals surface area contributed by atoms with Gasteiger partial charge in [-0.1, -0.05) is 6.92 Å². The molecule has 0 aliphatic rings. The number of fused-ring (bicyclic) bond motifs is 1. The van der Waals surface area contributed by atoms with Crippen LogP contribution in [0.4, 0.5) is 0 Å². The molecule has 0 bridgehead atoms. The molecule has 0 unspecified atom stereocenters. The molecule has 2 heterocycles. The van der Waals surface area contributed by atoms with E-state index in [1.807, 2.05) is 6.92 Å². The van der Waals surface area contributed by atoms with Gasteiger partial charge in [-0.15, -0.1) is 0 Å². The van der Waals surface area contributed by atoms with E-state index >= 15 is 0 Å². The molecule has 2 aromatic rings. The second kappa shape index (κ2) is 3.13. The Morgan fingerprint density at radius 1 is 1.71 bits per heavy atom. The summed E-state index contributed by atoms with van der Waals surface area (Å²) in [6.45, 7) is 1.95. The first-order valence-electron chi connectivity index (χ1n) is 4.13. The smallest absolute Gasteiger partial charge is 0.254 e. The Bertz CT molecular complexity index is 543. The number of nitrogens with one attached hydrogen (secondary N) is 1. The third kappa shape index (κ3) is 1.22. The molecule has 14 heavy (non-hydrogen) atoms. The fraction of sp³-hybridized carbons (Fsp3) is 0.250. The molecule has 0 spiro atoms. The number of hydrogen-bond donors (Lipinski definition) is 2. The molecule has 2 rings (SSSR count). The summed E-state index contributed by atoms with van der Waals surface area (Å²) in [7, 11) is 0. The van der Waals surface area contributed by atoms with Crippen molar-refractivity contribution in [2.24, 2.45) is 0 Å². The van der Waals surface area contributed by atoms with Crippen LogP contribution in [0.25, 0.3) is 5.65 Å². The molecular formula is C8H8BrN3O2. The van der Waals surface area contributed by atoms with E-state index in [4.69, 9.17) is 0 Å². The van der Waals surface area contributed by atoms with Crippen LogP contribution in [0.1, 0.15) is 12.6 Å². The van der Waals surface area contributed by atoms with Crippen molar-refractivity contribution in [1.82, 2.24) is 14.6 Å². The molecule has 74 valence electrons. The SMILES string of the molecule is CCc1nn2c(O)cc(=O)[nH]c2c1Br. The largest absolute Gasteiger partial charge is 0.493 e. The van der Waals surface area contributed by atoms with Gasteiger partial charge in [-0.05, 0) is 22.4 Å². The van der Waals surface area contributed by atoms with Crippen molar-refractivity contribution in [3.8, 4) is 5.88 Å². The van der Waals surface area contributed by atoms with Gasteiger partial charge in [0.05, 0.1) is 16.2 Å². The van der Waals surface area contributed by atoms with Gasteiger partial charge >= 0.3 is 0 Å². The van der Waals surface area contributed by atoms with Crippen molar-refractivity contribution >= 4 is 21.6 Å². The van der Waals surface area contributed by atoms with E-state index in [1.54, 1.807) is 0 Å². The zero-order chi connectivity index (χ0) is 10.3. The van der Waals surface area contributed by atoms with Gasteiger partial charge in [0, 0.05) is 0 Å². The molecule has 0 radical (unpaired) electrons. The summed E-state index contributed by atoms with van der Waals surface area (Å²) >= 11 is 3.32. The standard InChI is InChI=1S/C8H8BrN3O2/c1-2-4-7(9)8-10-5(13)3-6(14)12(8)11-4/h3,14H,2H2,1H3,(H,10,13). The maximum absolute atomic E-state index is 11.1. The van der Waals surface area contributed by atoms with E-state index in [0.29, 0.717) is 10.1 Å². The van der Waals surface area contributed by atoms with Crippen LogP contribution in [0.2, 0.25) is 0 Å². The summed E-state index contributed by atoms with van der Waals surface area (Å²) in [5.41, 5.74) is 0.923. The molecule has 0 aliphatic carbocycles. The first-order chi connectivity index (χ1) is 6.63. The van der Waals surface area contributed by atoms with Crippen molar-refractivity contribution in [2.45, 2.75) is 13.3 Å². The first-order valence-corrected chi connectivity index (χ1v) is 4.92. The number of hydrogen-bond acceptors (Lipinski definition) is 3. The molecule has 0 atom stereocenters. The maximum atomic E-state index is 11.1. The molecule has 0 saturated carbocycles. The number of H-pyrrole nitrogens is 1. The van der Waals surface area contributed by atoms with Crippen molar-refractivity contribution in [3.05, 3.63) is 26.6 Å². The van der Waals surface area contributed by atoms with E-state index in [-0.39, 0.29) is 11.4 Å². The van der Waals surface area contributed by atoms with Gasteiger partial charge in [-0.2, -0.15) is 9.61 Å². The molecular weight excluding hydrogens is 250 g/mol. The molecule has 6 heteroatoms. The molecule has 0 fully saturated rings. The molecule has 0 aliphatic heterocycles. The lowest BCUT2D eigenvalue weighted by Gasteiger charge is -1.94. The number of nitrogens with zero attached hydrogens (tertiary/aromatic N) is 2. The Kier molecular flexibility index (Phi) is 2.07. The highest BCUT2D eigenvalue weighted by Crippen LogP contribution is 2.22. The van der Waals surface area contributed by atoms with Gasteiger partial charge in [0.25, 0.3) is 5.56 Å². The second-order valence-electron chi connectivity index (χ2n) is 2.87. The van der Waals surface area contributed by atoms with E-state index in [2.05, 4.69) is 26.0 Å². The summed E-state index contributed by atoms with van der Waals surface area (Å²) in [5, 5.41) is 13.6. The van der Waals surface area contributed by atoms with Crippen LogP contribution in [0, 0.1) is 0 Å². The minimum Gasteiger partial charge on any atom is -0.493 e. The van der Waals surface area contributed by atoms with Crippen molar-refractivity contribution in [1.29, 1.82) is 0 Å². The van der Waals surface area contributed by atoms with Gasteiger partial charge in [0.15, 0.2) is 5.65 Å². The minimum atomic E-state index is -0.349. The maximum Gasteiger partial charge on any atom is 0.254 e. The number of aromatic hydroxyl groups is 1. The fourth-order valence-electron chi connectivity index (χ4n) is 1.27. The number of aryl methyl sites for hydroxylation is 1. The Labute approximate surface area is 87.5 Å². The molecule has 0 aromatic carbocycles. The van der Waals surface area contributed by atoms with Gasteiger partial charge in [0.1, 0.15) is 0 Å². The lowest BCUT2D eigenvalue weighted by Crippen LogP contribution is -2.06. The van der Waals surface area contributed by atoms with E-state index in [0.717, 1.165) is 18.2 Å². The van der Waals surface area contributed by atoms with Gasteiger partial charge in [-0.3, -0.25) is 4.79 Å². The number of aromatic amines is 1. The van der Waals surface area contributed by atoms with Crippen molar-refractivity contribution in [2.75, 3.05) is 0 Å².